The van der Waals surface area contributed by atoms with Crippen LogP contribution < -0.4 is 15.4 Å². The van der Waals surface area contributed by atoms with Gasteiger partial charge in [0, 0.05) is 25.0 Å². The second-order valence-corrected chi connectivity index (χ2v) is 5.09. The van der Waals surface area contributed by atoms with Gasteiger partial charge in [-0.2, -0.15) is 5.26 Å². The standard InChI is InChI=1S/C19H19N3O3/c20-13-15(14-21-11-4-12-23)19(24)22-16-7-9-18(10-8-16)25-17-5-2-1-3-6-17/h1-3,5-10,14,21,23H,4,11-12H2,(H,22,24)/b15-14-. The van der Waals surface area contributed by atoms with Gasteiger partial charge in [0.2, 0.25) is 0 Å². The maximum Gasteiger partial charge on any atom is 0.267 e. The van der Waals surface area contributed by atoms with Gasteiger partial charge >= 0.3 is 0 Å². The van der Waals surface area contributed by atoms with Gasteiger partial charge in [-0.1, -0.05) is 18.2 Å². The number of carbonyl (C=O) groups excluding carboxylic acids is 1. The van der Waals surface area contributed by atoms with E-state index in [9.17, 15) is 4.79 Å². The van der Waals surface area contributed by atoms with Gasteiger partial charge < -0.3 is 20.5 Å². The van der Waals surface area contributed by atoms with E-state index < -0.39 is 5.91 Å². The van der Waals surface area contributed by atoms with E-state index in [4.69, 9.17) is 15.1 Å². The maximum atomic E-state index is 12.1. The lowest BCUT2D eigenvalue weighted by Crippen LogP contribution is -2.17. The summed E-state index contributed by atoms with van der Waals surface area (Å²) in [5, 5.41) is 23.2. The molecule has 1 amide bonds. The van der Waals surface area contributed by atoms with Crippen molar-refractivity contribution in [2.24, 2.45) is 0 Å². The summed E-state index contributed by atoms with van der Waals surface area (Å²) in [6.07, 6.45) is 1.89. The van der Waals surface area contributed by atoms with Crippen LogP contribution in [0.1, 0.15) is 6.42 Å². The van der Waals surface area contributed by atoms with Gasteiger partial charge in [0.25, 0.3) is 5.91 Å². The number of aliphatic hydroxyl groups is 1. The fourth-order valence-electron chi connectivity index (χ4n) is 1.93. The molecule has 0 spiro atoms. The lowest BCUT2D eigenvalue weighted by atomic mass is 10.2. The molecule has 0 heterocycles. The molecule has 25 heavy (non-hydrogen) atoms. The summed E-state index contributed by atoms with van der Waals surface area (Å²) in [6, 6.07) is 18.1. The minimum atomic E-state index is -0.504. The summed E-state index contributed by atoms with van der Waals surface area (Å²) in [5.41, 5.74) is 0.518. The third-order valence-electron chi connectivity index (χ3n) is 3.18. The number of para-hydroxylation sites is 1. The van der Waals surface area contributed by atoms with Gasteiger partial charge in [0.05, 0.1) is 0 Å². The summed E-state index contributed by atoms with van der Waals surface area (Å²) in [4.78, 5) is 12.1. The largest absolute Gasteiger partial charge is 0.457 e. The highest BCUT2D eigenvalue weighted by Gasteiger charge is 2.09. The molecule has 0 radical (unpaired) electrons. The quantitative estimate of drug-likeness (QED) is 0.391. The van der Waals surface area contributed by atoms with E-state index in [0.717, 1.165) is 5.75 Å². The number of aliphatic hydroxyl groups excluding tert-OH is 1. The number of amides is 1. The molecule has 0 aliphatic heterocycles. The van der Waals surface area contributed by atoms with Crippen LogP contribution in [0, 0.1) is 11.3 Å². The van der Waals surface area contributed by atoms with Gasteiger partial charge in [-0.05, 0) is 42.8 Å². The number of hydrogen-bond acceptors (Lipinski definition) is 5. The van der Waals surface area contributed by atoms with Gasteiger partial charge in [-0.3, -0.25) is 4.79 Å². The number of anilines is 1. The highest BCUT2D eigenvalue weighted by atomic mass is 16.5. The molecule has 0 aliphatic rings. The molecule has 0 atom stereocenters. The predicted molar refractivity (Wildman–Crippen MR) is 95.0 cm³/mol. The number of benzene rings is 2. The minimum Gasteiger partial charge on any atom is -0.457 e. The Kier molecular flexibility index (Phi) is 7.04. The molecule has 0 fully saturated rings. The summed E-state index contributed by atoms with van der Waals surface area (Å²) in [6.45, 7) is 0.535. The topological polar surface area (TPSA) is 94.4 Å². The zero-order chi connectivity index (χ0) is 17.9. The van der Waals surface area contributed by atoms with Crippen LogP contribution in [-0.2, 0) is 4.79 Å². The smallest absolute Gasteiger partial charge is 0.267 e. The zero-order valence-electron chi connectivity index (χ0n) is 13.6. The molecule has 2 aromatic rings. The van der Waals surface area contributed by atoms with Crippen molar-refractivity contribution < 1.29 is 14.6 Å². The van der Waals surface area contributed by atoms with Crippen molar-refractivity contribution in [1.29, 1.82) is 5.26 Å². The van der Waals surface area contributed by atoms with Crippen molar-refractivity contribution in [2.75, 3.05) is 18.5 Å². The molecule has 2 aromatic carbocycles. The Labute approximate surface area is 146 Å². The first kappa shape index (κ1) is 18.0. The van der Waals surface area contributed by atoms with Crippen LogP contribution in [0.2, 0.25) is 0 Å². The third kappa shape index (κ3) is 6.01. The maximum absolute atomic E-state index is 12.1. The normalized spacial score (nSPS) is 10.6. The Morgan fingerprint density at radius 2 is 1.80 bits per heavy atom. The van der Waals surface area contributed by atoms with E-state index in [1.807, 2.05) is 36.4 Å². The summed E-state index contributed by atoms with van der Waals surface area (Å²) >= 11 is 0. The highest BCUT2D eigenvalue weighted by molar-refractivity contribution is 6.06. The average Bonchev–Trinajstić information content (AvgIpc) is 2.64. The molecular weight excluding hydrogens is 318 g/mol. The lowest BCUT2D eigenvalue weighted by Gasteiger charge is -2.08. The molecule has 0 bridgehead atoms. The first-order chi connectivity index (χ1) is 12.2. The second kappa shape index (κ2) is 9.75. The van der Waals surface area contributed by atoms with Gasteiger partial charge in [-0.15, -0.1) is 0 Å². The number of carbonyl (C=O) groups is 1. The second-order valence-electron chi connectivity index (χ2n) is 5.09. The summed E-state index contributed by atoms with van der Waals surface area (Å²) < 4.78 is 5.68. The Hall–Kier alpha value is -3.30. The van der Waals surface area contributed by atoms with Crippen LogP contribution in [0.5, 0.6) is 11.5 Å². The Bertz CT molecular complexity index is 750. The van der Waals surface area contributed by atoms with Crippen molar-refractivity contribution in [2.45, 2.75) is 6.42 Å². The molecule has 0 aromatic heterocycles. The molecule has 0 unspecified atom stereocenters. The molecule has 3 N–H and O–H groups in total. The van der Waals surface area contributed by atoms with Crippen molar-refractivity contribution in [3.05, 3.63) is 66.4 Å². The molecule has 2 rings (SSSR count). The van der Waals surface area contributed by atoms with Gasteiger partial charge in [0.15, 0.2) is 0 Å². The molecule has 6 heteroatoms. The number of ether oxygens (including phenoxy) is 1. The zero-order valence-corrected chi connectivity index (χ0v) is 13.6. The van der Waals surface area contributed by atoms with Crippen molar-refractivity contribution in [3.63, 3.8) is 0 Å². The monoisotopic (exact) mass is 337 g/mol. The molecule has 0 aliphatic carbocycles. The fourth-order valence-corrected chi connectivity index (χ4v) is 1.93. The summed E-state index contributed by atoms with van der Waals surface area (Å²) in [5.74, 6) is 0.865. The first-order valence-electron chi connectivity index (χ1n) is 7.82. The van der Waals surface area contributed by atoms with E-state index in [2.05, 4.69) is 10.6 Å². The van der Waals surface area contributed by atoms with Crippen LogP contribution in [0.3, 0.4) is 0 Å². The minimum absolute atomic E-state index is 0.0393. The molecule has 0 saturated carbocycles. The fraction of sp³-hybridized carbons (Fsp3) is 0.158. The summed E-state index contributed by atoms with van der Waals surface area (Å²) in [7, 11) is 0. The van der Waals surface area contributed by atoms with Crippen LogP contribution in [-0.4, -0.2) is 24.2 Å². The lowest BCUT2D eigenvalue weighted by molar-refractivity contribution is -0.112. The van der Waals surface area contributed by atoms with Gasteiger partial charge in [0.1, 0.15) is 23.1 Å². The van der Waals surface area contributed by atoms with E-state index in [1.54, 1.807) is 24.3 Å². The Balaban J connectivity index is 1.93. The molecule has 0 saturated heterocycles. The first-order valence-corrected chi connectivity index (χ1v) is 7.82. The van der Waals surface area contributed by atoms with E-state index in [1.165, 1.54) is 6.20 Å². The van der Waals surface area contributed by atoms with Gasteiger partial charge in [-0.25, -0.2) is 0 Å². The van der Waals surface area contributed by atoms with Crippen LogP contribution in [0.4, 0.5) is 5.69 Å². The molecule has 6 nitrogen and oxygen atoms in total. The number of nitrogens with one attached hydrogen (secondary N) is 2. The Morgan fingerprint density at radius 3 is 2.44 bits per heavy atom. The van der Waals surface area contributed by atoms with Crippen LogP contribution in [0.15, 0.2) is 66.4 Å². The molecule has 128 valence electrons. The van der Waals surface area contributed by atoms with Crippen LogP contribution in [0.25, 0.3) is 0 Å². The number of nitrogens with zero attached hydrogens (tertiary/aromatic N) is 1. The van der Waals surface area contributed by atoms with Crippen molar-refractivity contribution >= 4 is 11.6 Å². The number of hydrogen-bond donors (Lipinski definition) is 3. The highest BCUT2D eigenvalue weighted by Crippen LogP contribution is 2.22. The Morgan fingerprint density at radius 1 is 1.12 bits per heavy atom. The van der Waals surface area contributed by atoms with Crippen molar-refractivity contribution in [3.8, 4) is 17.6 Å². The number of nitriles is 1. The predicted octanol–water partition coefficient (Wildman–Crippen LogP) is 2.80. The average molecular weight is 337 g/mol. The van der Waals surface area contributed by atoms with E-state index in [-0.39, 0.29) is 12.2 Å². The molecular formula is C19H19N3O3. The SMILES string of the molecule is N#C/C(=C/NCCCO)C(=O)Nc1ccc(Oc2ccccc2)cc1. The van der Waals surface area contributed by atoms with Crippen molar-refractivity contribution in [1.82, 2.24) is 5.32 Å². The van der Waals surface area contributed by atoms with Crippen LogP contribution >= 0.6 is 0 Å². The van der Waals surface area contributed by atoms with E-state index in [0.29, 0.717) is 24.4 Å². The third-order valence-corrected chi connectivity index (χ3v) is 3.18. The number of rotatable bonds is 8. The van der Waals surface area contributed by atoms with E-state index >= 15 is 0 Å².